The summed E-state index contributed by atoms with van der Waals surface area (Å²) in [6.07, 6.45) is 1.15. The van der Waals surface area contributed by atoms with Gasteiger partial charge in [-0.15, -0.1) is 0 Å². The van der Waals surface area contributed by atoms with Crippen LogP contribution in [0.1, 0.15) is 31.7 Å². The van der Waals surface area contributed by atoms with Crippen LogP contribution in [0.5, 0.6) is 0 Å². The van der Waals surface area contributed by atoms with Crippen molar-refractivity contribution in [3.05, 3.63) is 109 Å². The Balaban J connectivity index is 1.69. The second-order valence-electron chi connectivity index (χ2n) is 7.88. The van der Waals surface area contributed by atoms with Crippen molar-refractivity contribution in [3.8, 4) is 0 Å². The summed E-state index contributed by atoms with van der Waals surface area (Å²) >= 11 is 0. The normalized spacial score (nSPS) is 13.5. The number of hydrogen-bond acceptors (Lipinski definition) is 2. The van der Waals surface area contributed by atoms with Gasteiger partial charge in [-0.3, -0.25) is 0 Å². The molecule has 1 aliphatic heterocycles. The van der Waals surface area contributed by atoms with Gasteiger partial charge in [0, 0.05) is 11.4 Å². The predicted molar refractivity (Wildman–Crippen MR) is 128 cm³/mol. The van der Waals surface area contributed by atoms with Crippen LogP contribution in [0.2, 0.25) is 0 Å². The fourth-order valence-electron chi connectivity index (χ4n) is 4.27. The van der Waals surface area contributed by atoms with E-state index in [-0.39, 0.29) is 0 Å². The Morgan fingerprint density at radius 1 is 0.533 bits per heavy atom. The van der Waals surface area contributed by atoms with Gasteiger partial charge >= 0.3 is 0 Å². The van der Waals surface area contributed by atoms with Gasteiger partial charge in [0.25, 0.3) is 0 Å². The maximum absolute atomic E-state index is 2.38. The Hall–Kier alpha value is -3.52. The van der Waals surface area contributed by atoms with Crippen LogP contribution in [-0.2, 0) is 0 Å². The first-order chi connectivity index (χ1) is 14.8. The highest BCUT2D eigenvalue weighted by Gasteiger charge is 2.29. The van der Waals surface area contributed by atoms with E-state index in [1.165, 1.54) is 39.7 Å². The molecule has 0 aliphatic carbocycles. The standard InChI is InChI=1S/C28H26N2/c1-3-21(2)22-17-19-24(20-18-22)30-27-15-9-7-13-25(27)29(23-11-5-4-6-12-23)26-14-8-10-16-28(26)30/h4-21H,3H2,1-2H3. The van der Waals surface area contributed by atoms with Gasteiger partial charge in [-0.25, -0.2) is 0 Å². The van der Waals surface area contributed by atoms with E-state index in [1.54, 1.807) is 0 Å². The number of rotatable bonds is 4. The van der Waals surface area contributed by atoms with Gasteiger partial charge in [-0.2, -0.15) is 0 Å². The minimum absolute atomic E-state index is 0.577. The average Bonchev–Trinajstić information content (AvgIpc) is 2.82. The Bertz CT molecular complexity index is 1100. The third kappa shape index (κ3) is 3.05. The Kier molecular flexibility index (Phi) is 4.76. The van der Waals surface area contributed by atoms with Crippen molar-refractivity contribution in [2.45, 2.75) is 26.2 Å². The summed E-state index contributed by atoms with van der Waals surface area (Å²) in [5.41, 5.74) is 8.51. The topological polar surface area (TPSA) is 6.48 Å². The van der Waals surface area contributed by atoms with Crippen molar-refractivity contribution in [1.82, 2.24) is 0 Å². The van der Waals surface area contributed by atoms with E-state index >= 15 is 0 Å². The lowest BCUT2D eigenvalue weighted by atomic mass is 9.98. The van der Waals surface area contributed by atoms with Gasteiger partial charge in [-0.05, 0) is 66.4 Å². The zero-order valence-corrected chi connectivity index (χ0v) is 17.5. The van der Waals surface area contributed by atoms with E-state index in [1.807, 2.05) is 0 Å². The second kappa shape index (κ2) is 7.72. The Morgan fingerprint density at radius 2 is 0.933 bits per heavy atom. The molecule has 0 amide bonds. The Morgan fingerprint density at radius 3 is 1.37 bits per heavy atom. The zero-order valence-electron chi connectivity index (χ0n) is 17.5. The highest BCUT2D eigenvalue weighted by Crippen LogP contribution is 2.53. The fraction of sp³-hybridized carbons (Fsp3) is 0.143. The molecule has 148 valence electrons. The molecule has 0 N–H and O–H groups in total. The average molecular weight is 391 g/mol. The van der Waals surface area contributed by atoms with Crippen LogP contribution in [-0.4, -0.2) is 0 Å². The smallest absolute Gasteiger partial charge is 0.0703 e. The summed E-state index contributed by atoms with van der Waals surface area (Å²) in [6.45, 7) is 4.53. The van der Waals surface area contributed by atoms with Gasteiger partial charge in [0.15, 0.2) is 0 Å². The molecule has 0 radical (unpaired) electrons. The van der Waals surface area contributed by atoms with Crippen molar-refractivity contribution < 1.29 is 0 Å². The first-order valence-corrected chi connectivity index (χ1v) is 10.7. The molecule has 0 saturated carbocycles. The van der Waals surface area contributed by atoms with Gasteiger partial charge < -0.3 is 9.80 Å². The van der Waals surface area contributed by atoms with E-state index in [0.29, 0.717) is 5.92 Å². The molecule has 30 heavy (non-hydrogen) atoms. The lowest BCUT2D eigenvalue weighted by Gasteiger charge is -2.40. The predicted octanol–water partition coefficient (Wildman–Crippen LogP) is 8.45. The summed E-state index contributed by atoms with van der Waals surface area (Å²) in [5, 5.41) is 0. The molecule has 4 aromatic carbocycles. The van der Waals surface area contributed by atoms with Crippen LogP contribution >= 0.6 is 0 Å². The van der Waals surface area contributed by atoms with Gasteiger partial charge in [0.05, 0.1) is 22.7 Å². The molecule has 0 fully saturated rings. The number of anilines is 6. The summed E-state index contributed by atoms with van der Waals surface area (Å²) in [4.78, 5) is 4.74. The Labute approximate surface area is 179 Å². The largest absolute Gasteiger partial charge is 0.306 e. The molecule has 0 saturated heterocycles. The van der Waals surface area contributed by atoms with Gasteiger partial charge in [-0.1, -0.05) is 68.4 Å². The maximum Gasteiger partial charge on any atom is 0.0703 e. The van der Waals surface area contributed by atoms with Crippen molar-refractivity contribution >= 4 is 34.1 Å². The van der Waals surface area contributed by atoms with Gasteiger partial charge in [0.1, 0.15) is 0 Å². The first-order valence-electron chi connectivity index (χ1n) is 10.7. The quantitative estimate of drug-likeness (QED) is 0.304. The van der Waals surface area contributed by atoms with Crippen molar-refractivity contribution in [3.63, 3.8) is 0 Å². The molecule has 1 heterocycles. The summed E-state index contributed by atoms with van der Waals surface area (Å²) < 4.78 is 0. The van der Waals surface area contributed by atoms with Crippen molar-refractivity contribution in [2.24, 2.45) is 0 Å². The van der Waals surface area contributed by atoms with Crippen LogP contribution < -0.4 is 9.80 Å². The summed E-state index contributed by atoms with van der Waals surface area (Å²) in [5.74, 6) is 0.577. The molecular formula is C28H26N2. The van der Waals surface area contributed by atoms with Crippen molar-refractivity contribution in [2.75, 3.05) is 9.80 Å². The number of nitrogens with zero attached hydrogens (tertiary/aromatic N) is 2. The van der Waals surface area contributed by atoms with E-state index in [2.05, 4.69) is 127 Å². The number of para-hydroxylation sites is 5. The molecule has 0 spiro atoms. The number of benzene rings is 4. The zero-order chi connectivity index (χ0) is 20.5. The molecule has 4 aromatic rings. The molecule has 1 atom stereocenters. The van der Waals surface area contributed by atoms with Crippen LogP contribution in [0.3, 0.4) is 0 Å². The molecule has 1 unspecified atom stereocenters. The van der Waals surface area contributed by atoms with Crippen LogP contribution in [0.15, 0.2) is 103 Å². The van der Waals surface area contributed by atoms with Crippen molar-refractivity contribution in [1.29, 1.82) is 0 Å². The summed E-state index contributed by atoms with van der Waals surface area (Å²) in [7, 11) is 0. The lowest BCUT2D eigenvalue weighted by Crippen LogP contribution is -2.23. The maximum atomic E-state index is 2.38. The highest BCUT2D eigenvalue weighted by molar-refractivity contribution is 6.01. The minimum atomic E-state index is 0.577. The minimum Gasteiger partial charge on any atom is -0.306 e. The van der Waals surface area contributed by atoms with Crippen LogP contribution in [0.25, 0.3) is 0 Å². The molecule has 0 aromatic heterocycles. The van der Waals surface area contributed by atoms with E-state index in [9.17, 15) is 0 Å². The van der Waals surface area contributed by atoms with Crippen LogP contribution in [0.4, 0.5) is 34.1 Å². The molecular weight excluding hydrogens is 364 g/mol. The van der Waals surface area contributed by atoms with Crippen LogP contribution in [0, 0.1) is 0 Å². The van der Waals surface area contributed by atoms with Gasteiger partial charge in [0.2, 0.25) is 0 Å². The molecule has 2 heteroatoms. The van der Waals surface area contributed by atoms with E-state index in [4.69, 9.17) is 0 Å². The SMILES string of the molecule is CCC(C)c1ccc(N2c3ccccc3N(c3ccccc3)c3ccccc32)cc1. The molecule has 5 rings (SSSR count). The third-order valence-electron chi connectivity index (χ3n) is 6.07. The molecule has 0 bridgehead atoms. The highest BCUT2D eigenvalue weighted by atomic mass is 15.3. The first kappa shape index (κ1) is 18.5. The fourth-order valence-corrected chi connectivity index (χ4v) is 4.27. The number of hydrogen-bond donors (Lipinski definition) is 0. The molecule has 2 nitrogen and oxygen atoms in total. The third-order valence-corrected chi connectivity index (χ3v) is 6.07. The molecule has 1 aliphatic rings. The van der Waals surface area contributed by atoms with E-state index in [0.717, 1.165) is 6.42 Å². The lowest BCUT2D eigenvalue weighted by molar-refractivity contribution is 0.733. The number of fused-ring (bicyclic) bond motifs is 2. The monoisotopic (exact) mass is 390 g/mol. The second-order valence-corrected chi connectivity index (χ2v) is 7.88. The summed E-state index contributed by atoms with van der Waals surface area (Å²) in [6, 6.07) is 37.0. The van der Waals surface area contributed by atoms with E-state index < -0.39 is 0 Å².